The molecule has 45 heavy (non-hydrogen) atoms. The number of rotatable bonds is 32. The first kappa shape index (κ1) is 42.8. The van der Waals surface area contributed by atoms with Gasteiger partial charge >= 0.3 is 11.9 Å². The van der Waals surface area contributed by atoms with E-state index in [9.17, 15) is 19.8 Å². The maximum atomic E-state index is 12.1. The number of allylic oxidation sites excluding steroid dienone is 7. The van der Waals surface area contributed by atoms with Gasteiger partial charge in [0.2, 0.25) is 0 Å². The third kappa shape index (κ3) is 33.0. The fourth-order valence-corrected chi connectivity index (χ4v) is 4.89. The van der Waals surface area contributed by atoms with Crippen LogP contribution in [0.3, 0.4) is 0 Å². The second kappa shape index (κ2) is 34.7. The highest BCUT2D eigenvalue weighted by atomic mass is 16.6. The van der Waals surface area contributed by atoms with Gasteiger partial charge in [-0.3, -0.25) is 9.59 Å². The lowest BCUT2D eigenvalue weighted by atomic mass is 10.0. The lowest BCUT2D eigenvalue weighted by Gasteiger charge is -2.16. The fraction of sp³-hybridized carbons (Fsp3) is 0.744. The zero-order chi connectivity index (χ0) is 33.1. The second-order valence-corrected chi connectivity index (χ2v) is 12.2. The molecule has 0 bridgehead atoms. The van der Waals surface area contributed by atoms with Gasteiger partial charge in [-0.2, -0.15) is 0 Å². The summed E-state index contributed by atoms with van der Waals surface area (Å²) < 4.78 is 10.5. The highest BCUT2D eigenvalue weighted by molar-refractivity contribution is 5.70. The van der Waals surface area contributed by atoms with Crippen molar-refractivity contribution in [3.8, 4) is 0 Å². The molecule has 0 aliphatic carbocycles. The third-order valence-corrected chi connectivity index (χ3v) is 7.73. The number of esters is 2. The van der Waals surface area contributed by atoms with Gasteiger partial charge in [0.25, 0.3) is 0 Å². The molecule has 0 spiro atoms. The Morgan fingerprint density at radius 3 is 1.78 bits per heavy atom. The number of hydrogen-bond acceptors (Lipinski definition) is 6. The van der Waals surface area contributed by atoms with Crippen molar-refractivity contribution >= 4 is 11.9 Å². The summed E-state index contributed by atoms with van der Waals surface area (Å²) in [5.74, 6) is -0.793. The summed E-state index contributed by atoms with van der Waals surface area (Å²) in [5, 5.41) is 19.6. The zero-order valence-corrected chi connectivity index (χ0v) is 29.0. The minimum atomic E-state index is -0.862. The van der Waals surface area contributed by atoms with Crippen LogP contribution in [0.5, 0.6) is 0 Å². The molecule has 0 amide bonds. The normalized spacial score (nSPS) is 13.4. The van der Waals surface area contributed by atoms with E-state index in [1.807, 2.05) is 18.2 Å². The summed E-state index contributed by atoms with van der Waals surface area (Å²) in [6, 6.07) is 0. The molecular formula is C39H68O6. The molecule has 0 heterocycles. The van der Waals surface area contributed by atoms with Crippen molar-refractivity contribution in [1.82, 2.24) is 0 Å². The van der Waals surface area contributed by atoms with E-state index in [0.29, 0.717) is 19.3 Å². The van der Waals surface area contributed by atoms with Crippen molar-refractivity contribution in [2.75, 3.05) is 13.2 Å². The molecule has 0 aliphatic rings. The molecule has 0 aromatic carbocycles. The summed E-state index contributed by atoms with van der Waals surface area (Å²) in [5.41, 5.74) is 0. The summed E-state index contributed by atoms with van der Waals surface area (Å²) in [4.78, 5) is 24.2. The van der Waals surface area contributed by atoms with E-state index in [1.54, 1.807) is 6.08 Å². The van der Waals surface area contributed by atoms with Crippen molar-refractivity contribution in [2.24, 2.45) is 0 Å². The van der Waals surface area contributed by atoms with E-state index >= 15 is 0 Å². The summed E-state index contributed by atoms with van der Waals surface area (Å²) in [6.45, 7) is 3.93. The maximum absolute atomic E-state index is 12.1. The Kier molecular flexibility index (Phi) is 33.0. The van der Waals surface area contributed by atoms with Crippen molar-refractivity contribution in [3.63, 3.8) is 0 Å². The summed E-state index contributed by atoms with van der Waals surface area (Å²) in [7, 11) is 0. The Morgan fingerprint density at radius 2 is 1.16 bits per heavy atom. The SMILES string of the molecule is CCCCC/C=C\C/C=C\C/C=C\C=C\[C@H](O)CCCC(=O)O[C@@H](CO)COC(=O)CCCCCCCCCCCCCCC. The van der Waals surface area contributed by atoms with Crippen LogP contribution in [0.25, 0.3) is 0 Å². The third-order valence-electron chi connectivity index (χ3n) is 7.73. The Morgan fingerprint density at radius 1 is 0.622 bits per heavy atom. The topological polar surface area (TPSA) is 93.1 Å². The maximum Gasteiger partial charge on any atom is 0.306 e. The first-order valence-corrected chi connectivity index (χ1v) is 18.3. The van der Waals surface area contributed by atoms with Crippen molar-refractivity contribution in [1.29, 1.82) is 0 Å². The first-order valence-electron chi connectivity index (χ1n) is 18.3. The van der Waals surface area contributed by atoms with E-state index in [1.165, 1.54) is 83.5 Å². The van der Waals surface area contributed by atoms with Crippen LogP contribution in [-0.4, -0.2) is 47.6 Å². The molecule has 2 N–H and O–H groups in total. The smallest absolute Gasteiger partial charge is 0.306 e. The van der Waals surface area contributed by atoms with Gasteiger partial charge in [0.05, 0.1) is 12.7 Å². The largest absolute Gasteiger partial charge is 0.462 e. The summed E-state index contributed by atoms with van der Waals surface area (Å²) in [6.07, 6.45) is 39.1. The van der Waals surface area contributed by atoms with Crippen molar-refractivity contribution in [2.45, 2.75) is 174 Å². The van der Waals surface area contributed by atoms with E-state index in [-0.39, 0.29) is 19.0 Å². The number of hydrogen-bond donors (Lipinski definition) is 2. The van der Waals surface area contributed by atoms with Crippen LogP contribution >= 0.6 is 0 Å². The number of carbonyl (C=O) groups is 2. The van der Waals surface area contributed by atoms with E-state index in [2.05, 4.69) is 38.2 Å². The molecule has 0 saturated carbocycles. The van der Waals surface area contributed by atoms with Crippen LogP contribution in [0.4, 0.5) is 0 Å². The Labute approximate surface area is 276 Å². The zero-order valence-electron chi connectivity index (χ0n) is 29.0. The van der Waals surface area contributed by atoms with Gasteiger partial charge in [-0.25, -0.2) is 0 Å². The molecule has 0 rings (SSSR count). The van der Waals surface area contributed by atoms with E-state index in [4.69, 9.17) is 9.47 Å². The average Bonchev–Trinajstić information content (AvgIpc) is 3.03. The van der Waals surface area contributed by atoms with E-state index < -0.39 is 24.8 Å². The average molecular weight is 633 g/mol. The first-order chi connectivity index (χ1) is 22.0. The standard InChI is InChI=1S/C39H68O6/c1-3-5-7-9-11-13-15-17-19-21-23-25-27-30-36(41)31-29-33-39(43)45-37(34-40)35-44-38(42)32-28-26-24-22-20-18-16-14-12-10-8-6-4-2/h11,13,17,19,23,25,27,30,36-37,40-41H,3-10,12,14-16,18,20-22,24,26,28-29,31-35H2,1-2H3/b13-11-,19-17-,25-23-,30-27+/t36-,37-/m0/s1. The molecule has 2 atom stereocenters. The highest BCUT2D eigenvalue weighted by Gasteiger charge is 2.16. The molecule has 0 unspecified atom stereocenters. The van der Waals surface area contributed by atoms with Crippen molar-refractivity contribution in [3.05, 3.63) is 48.6 Å². The number of unbranched alkanes of at least 4 members (excludes halogenated alkanes) is 15. The predicted octanol–water partition coefficient (Wildman–Crippen LogP) is 10.0. The van der Waals surface area contributed by atoms with Gasteiger partial charge in [-0.15, -0.1) is 0 Å². The van der Waals surface area contributed by atoms with Gasteiger partial charge in [0.15, 0.2) is 6.10 Å². The van der Waals surface area contributed by atoms with Crippen LogP contribution in [0.15, 0.2) is 48.6 Å². The quantitative estimate of drug-likeness (QED) is 0.0332. The minimum Gasteiger partial charge on any atom is -0.462 e. The molecule has 0 aromatic heterocycles. The van der Waals surface area contributed by atoms with Crippen molar-refractivity contribution < 1.29 is 29.3 Å². The Balaban J connectivity index is 3.80. The number of aliphatic hydroxyl groups excluding tert-OH is 2. The van der Waals surface area contributed by atoms with Crippen LogP contribution in [0.2, 0.25) is 0 Å². The van der Waals surface area contributed by atoms with Gasteiger partial charge in [-0.1, -0.05) is 152 Å². The lowest BCUT2D eigenvalue weighted by Crippen LogP contribution is -2.28. The second-order valence-electron chi connectivity index (χ2n) is 12.2. The molecule has 6 nitrogen and oxygen atoms in total. The summed E-state index contributed by atoms with van der Waals surface area (Å²) >= 11 is 0. The lowest BCUT2D eigenvalue weighted by molar-refractivity contribution is -0.161. The molecule has 0 aromatic rings. The minimum absolute atomic E-state index is 0.127. The Bertz CT molecular complexity index is 784. The van der Waals surface area contributed by atoms with Gasteiger partial charge in [0.1, 0.15) is 6.61 Å². The van der Waals surface area contributed by atoms with Gasteiger partial charge < -0.3 is 19.7 Å². The fourth-order valence-electron chi connectivity index (χ4n) is 4.89. The molecule has 0 fully saturated rings. The number of aliphatic hydroxyl groups is 2. The van der Waals surface area contributed by atoms with Gasteiger partial charge in [0, 0.05) is 12.8 Å². The molecule has 6 heteroatoms. The molecule has 0 aliphatic heterocycles. The molecule has 0 saturated heterocycles. The van der Waals surface area contributed by atoms with Crippen LogP contribution < -0.4 is 0 Å². The van der Waals surface area contributed by atoms with Crippen LogP contribution in [0.1, 0.15) is 162 Å². The van der Waals surface area contributed by atoms with Crippen LogP contribution in [-0.2, 0) is 19.1 Å². The van der Waals surface area contributed by atoms with Gasteiger partial charge in [-0.05, 0) is 44.9 Å². The molecule has 260 valence electrons. The highest BCUT2D eigenvalue weighted by Crippen LogP contribution is 2.13. The molecular weight excluding hydrogens is 564 g/mol. The predicted molar refractivity (Wildman–Crippen MR) is 188 cm³/mol. The number of carbonyl (C=O) groups excluding carboxylic acids is 2. The van der Waals surface area contributed by atoms with Crippen LogP contribution in [0, 0.1) is 0 Å². The molecule has 0 radical (unpaired) electrons. The monoisotopic (exact) mass is 633 g/mol. The Hall–Kier alpha value is -2.18. The number of ether oxygens (including phenoxy) is 2. The van der Waals surface area contributed by atoms with E-state index in [0.717, 1.165) is 38.5 Å².